The molecule has 1 saturated carbocycles. The highest BCUT2D eigenvalue weighted by atomic mass is 32.2. The van der Waals surface area contributed by atoms with Crippen LogP contribution in [0.3, 0.4) is 0 Å². The third-order valence-electron chi connectivity index (χ3n) is 4.05. The molecule has 2 rings (SSSR count). The third kappa shape index (κ3) is 3.20. The van der Waals surface area contributed by atoms with E-state index in [4.69, 9.17) is 0 Å². The van der Waals surface area contributed by atoms with Crippen molar-refractivity contribution in [1.29, 1.82) is 0 Å². The summed E-state index contributed by atoms with van der Waals surface area (Å²) >= 11 is 0. The number of hydrogen-bond donors (Lipinski definition) is 1. The van der Waals surface area contributed by atoms with Crippen molar-refractivity contribution < 1.29 is 8.42 Å². The largest absolute Gasteiger partial charge is 0.311 e. The molecule has 2 aliphatic rings. The lowest BCUT2D eigenvalue weighted by Crippen LogP contribution is -2.48. The highest BCUT2D eigenvalue weighted by Crippen LogP contribution is 2.45. The fourth-order valence-electron chi connectivity index (χ4n) is 2.94. The van der Waals surface area contributed by atoms with Crippen LogP contribution < -0.4 is 5.32 Å². The van der Waals surface area contributed by atoms with Gasteiger partial charge in [0.2, 0.25) is 0 Å². The van der Waals surface area contributed by atoms with E-state index in [2.05, 4.69) is 5.32 Å². The normalized spacial score (nSPS) is 32.3. The second-order valence-corrected chi connectivity index (χ2v) is 7.81. The molecule has 2 fully saturated rings. The molecule has 1 aliphatic heterocycles. The van der Waals surface area contributed by atoms with Crippen LogP contribution >= 0.6 is 0 Å². The predicted octanol–water partition coefficient (Wildman–Crippen LogP) is 1.73. The molecule has 1 aliphatic carbocycles. The molecule has 4 heteroatoms. The Morgan fingerprint density at radius 2 is 2.00 bits per heavy atom. The van der Waals surface area contributed by atoms with Crippen molar-refractivity contribution in [2.45, 2.75) is 50.5 Å². The second-order valence-electron chi connectivity index (χ2n) is 5.55. The van der Waals surface area contributed by atoms with Crippen molar-refractivity contribution >= 4 is 9.84 Å². The maximum atomic E-state index is 11.3. The third-order valence-corrected chi connectivity index (χ3v) is 5.00. The first kappa shape index (κ1) is 12.4. The van der Waals surface area contributed by atoms with Crippen LogP contribution in [0.15, 0.2) is 0 Å². The van der Waals surface area contributed by atoms with Crippen LogP contribution in [0.1, 0.15) is 44.9 Å². The minimum atomic E-state index is -2.82. The molecule has 1 saturated heterocycles. The quantitative estimate of drug-likeness (QED) is 0.820. The molecule has 16 heavy (non-hydrogen) atoms. The summed E-state index contributed by atoms with van der Waals surface area (Å²) in [4.78, 5) is 0. The summed E-state index contributed by atoms with van der Waals surface area (Å²) in [7, 11) is -2.82. The summed E-state index contributed by atoms with van der Waals surface area (Å²) in [6.45, 7) is 1.07. The summed E-state index contributed by atoms with van der Waals surface area (Å²) in [5.74, 6) is 1.09. The average molecular weight is 245 g/mol. The summed E-state index contributed by atoms with van der Waals surface area (Å²) < 4.78 is 22.6. The molecule has 0 radical (unpaired) electrons. The molecule has 0 aromatic rings. The van der Waals surface area contributed by atoms with E-state index in [1.807, 2.05) is 0 Å². The molecule has 1 atom stereocenters. The number of rotatable bonds is 4. The molecule has 0 bridgehead atoms. The van der Waals surface area contributed by atoms with Crippen LogP contribution in [0, 0.1) is 5.92 Å². The Hall–Kier alpha value is -0.0900. The maximum Gasteiger partial charge on any atom is 0.147 e. The first-order chi connectivity index (χ1) is 7.52. The average Bonchev–Trinajstić information content (AvgIpc) is 3.01. The van der Waals surface area contributed by atoms with Crippen molar-refractivity contribution in [2.24, 2.45) is 5.92 Å². The zero-order chi connectivity index (χ0) is 11.6. The SMILES string of the molecule is CS(=O)(=O)CCC1(C2CC2)CCCCCN1. The maximum absolute atomic E-state index is 11.3. The van der Waals surface area contributed by atoms with E-state index in [0.717, 1.165) is 18.9 Å². The summed E-state index contributed by atoms with van der Waals surface area (Å²) in [6, 6.07) is 0. The van der Waals surface area contributed by atoms with E-state index in [9.17, 15) is 8.42 Å². The first-order valence-corrected chi connectivity index (χ1v) is 8.51. The number of sulfone groups is 1. The fourth-order valence-corrected chi connectivity index (χ4v) is 3.67. The molecule has 0 aromatic heterocycles. The summed E-state index contributed by atoms with van der Waals surface area (Å²) in [5, 5.41) is 3.67. The molecule has 1 unspecified atom stereocenters. The molecule has 3 nitrogen and oxygen atoms in total. The number of hydrogen-bond acceptors (Lipinski definition) is 3. The van der Waals surface area contributed by atoms with Crippen molar-refractivity contribution in [1.82, 2.24) is 5.32 Å². The number of nitrogens with one attached hydrogen (secondary N) is 1. The predicted molar refractivity (Wildman–Crippen MR) is 66.3 cm³/mol. The van der Waals surface area contributed by atoms with Gasteiger partial charge in [0.05, 0.1) is 5.75 Å². The highest BCUT2D eigenvalue weighted by Gasteiger charge is 2.44. The molecule has 0 spiro atoms. The molecule has 1 heterocycles. The van der Waals surface area contributed by atoms with Crippen molar-refractivity contribution in [3.63, 3.8) is 0 Å². The second kappa shape index (κ2) is 4.65. The Balaban J connectivity index is 2.02. The van der Waals surface area contributed by atoms with E-state index in [1.54, 1.807) is 0 Å². The van der Waals surface area contributed by atoms with Crippen molar-refractivity contribution in [3.8, 4) is 0 Å². The van der Waals surface area contributed by atoms with Crippen LogP contribution in [0.4, 0.5) is 0 Å². The molecular formula is C12H23NO2S. The standard InChI is InChI=1S/C12H23NO2S/c1-16(14,15)10-8-12(11-5-6-11)7-3-2-4-9-13-12/h11,13H,2-10H2,1H3. The lowest BCUT2D eigenvalue weighted by molar-refractivity contribution is 0.264. The van der Waals surface area contributed by atoms with Crippen LogP contribution in [0.2, 0.25) is 0 Å². The van der Waals surface area contributed by atoms with Gasteiger partial charge in [-0.3, -0.25) is 0 Å². The van der Waals surface area contributed by atoms with Gasteiger partial charge >= 0.3 is 0 Å². The molecule has 0 amide bonds. The van der Waals surface area contributed by atoms with E-state index in [-0.39, 0.29) is 5.54 Å². The van der Waals surface area contributed by atoms with E-state index >= 15 is 0 Å². The Kier molecular flexibility index (Phi) is 3.59. The molecule has 0 aromatic carbocycles. The summed E-state index contributed by atoms with van der Waals surface area (Å²) in [6.07, 6.45) is 9.71. The Morgan fingerprint density at radius 1 is 1.25 bits per heavy atom. The van der Waals surface area contributed by atoms with Crippen molar-refractivity contribution in [3.05, 3.63) is 0 Å². The monoisotopic (exact) mass is 245 g/mol. The lowest BCUT2D eigenvalue weighted by atomic mass is 9.85. The van der Waals surface area contributed by atoms with Gasteiger partial charge in [-0.05, 0) is 44.6 Å². The molecule has 94 valence electrons. The van der Waals surface area contributed by atoms with Crippen molar-refractivity contribution in [2.75, 3.05) is 18.6 Å². The Bertz CT molecular complexity index is 325. The fraction of sp³-hybridized carbons (Fsp3) is 1.00. The first-order valence-electron chi connectivity index (χ1n) is 6.45. The Labute approximate surface area is 98.9 Å². The van der Waals surface area contributed by atoms with Gasteiger partial charge in [0.1, 0.15) is 9.84 Å². The van der Waals surface area contributed by atoms with Crippen LogP contribution in [-0.2, 0) is 9.84 Å². The Morgan fingerprint density at radius 3 is 2.62 bits per heavy atom. The minimum Gasteiger partial charge on any atom is -0.311 e. The van der Waals surface area contributed by atoms with Gasteiger partial charge in [-0.25, -0.2) is 8.42 Å². The van der Waals surface area contributed by atoms with Crippen LogP contribution in [0.5, 0.6) is 0 Å². The zero-order valence-electron chi connectivity index (χ0n) is 10.2. The van der Waals surface area contributed by atoms with E-state index in [1.165, 1.54) is 44.8 Å². The van der Waals surface area contributed by atoms with Gasteiger partial charge in [-0.1, -0.05) is 12.8 Å². The van der Waals surface area contributed by atoms with E-state index < -0.39 is 9.84 Å². The van der Waals surface area contributed by atoms with Gasteiger partial charge in [-0.15, -0.1) is 0 Å². The smallest absolute Gasteiger partial charge is 0.147 e. The van der Waals surface area contributed by atoms with Gasteiger partial charge in [0.25, 0.3) is 0 Å². The van der Waals surface area contributed by atoms with E-state index in [0.29, 0.717) is 5.75 Å². The van der Waals surface area contributed by atoms with Crippen LogP contribution in [0.25, 0.3) is 0 Å². The van der Waals surface area contributed by atoms with Gasteiger partial charge in [0.15, 0.2) is 0 Å². The topological polar surface area (TPSA) is 46.2 Å². The van der Waals surface area contributed by atoms with Gasteiger partial charge in [-0.2, -0.15) is 0 Å². The van der Waals surface area contributed by atoms with Gasteiger partial charge < -0.3 is 5.32 Å². The summed E-state index contributed by atoms with van der Waals surface area (Å²) in [5.41, 5.74) is 0.152. The zero-order valence-corrected chi connectivity index (χ0v) is 11.0. The highest BCUT2D eigenvalue weighted by molar-refractivity contribution is 7.90. The molecule has 1 N–H and O–H groups in total. The van der Waals surface area contributed by atoms with Crippen LogP contribution in [-0.4, -0.2) is 32.5 Å². The molecular weight excluding hydrogens is 222 g/mol. The lowest BCUT2D eigenvalue weighted by Gasteiger charge is -2.34. The minimum absolute atomic E-state index is 0.152. The van der Waals surface area contributed by atoms with Gasteiger partial charge in [0, 0.05) is 11.8 Å².